The Labute approximate surface area is 247 Å². The van der Waals surface area contributed by atoms with E-state index in [0.29, 0.717) is 18.7 Å². The molecule has 0 aromatic heterocycles. The first-order valence-corrected chi connectivity index (χ1v) is 15.4. The van der Waals surface area contributed by atoms with Crippen LogP contribution >= 0.6 is 0 Å². The second kappa shape index (κ2) is 9.19. The van der Waals surface area contributed by atoms with Crippen molar-refractivity contribution < 1.29 is 19.7 Å². The molecule has 3 aromatic rings. The number of likely N-dealkylation sites (N-methyl/N-ethyl adjacent to an activating group) is 1. The molecule has 6 atom stereocenters. The van der Waals surface area contributed by atoms with Crippen LogP contribution < -0.4 is 4.74 Å². The number of phenolic OH excluding ortho intramolecular Hbond substituents is 1. The highest BCUT2D eigenvalue weighted by Gasteiger charge is 2.79. The number of fused-ring (bicyclic) bond motifs is 1. The molecule has 216 valence electrons. The lowest BCUT2D eigenvalue weighted by atomic mass is 9.37. The van der Waals surface area contributed by atoms with Crippen LogP contribution in [0.25, 0.3) is 0 Å². The van der Waals surface area contributed by atoms with E-state index in [9.17, 15) is 15.0 Å². The predicted octanol–water partition coefficient (Wildman–Crippen LogP) is 4.27. The molecule has 1 saturated carbocycles. The molecule has 4 aliphatic carbocycles. The second-order valence-corrected chi connectivity index (χ2v) is 13.2. The Kier molecular flexibility index (Phi) is 5.70. The quantitative estimate of drug-likeness (QED) is 0.421. The monoisotopic (exact) mass is 562 g/mol. The van der Waals surface area contributed by atoms with Crippen molar-refractivity contribution in [1.29, 1.82) is 0 Å². The fourth-order valence-electron chi connectivity index (χ4n) is 9.42. The number of likely N-dealkylation sites (tertiary alicyclic amines) is 1. The lowest BCUT2D eigenvalue weighted by Gasteiger charge is -2.70. The van der Waals surface area contributed by atoms with Gasteiger partial charge in [-0.2, -0.15) is 0 Å². The highest BCUT2D eigenvalue weighted by molar-refractivity contribution is 5.82. The van der Waals surface area contributed by atoms with Gasteiger partial charge in [-0.1, -0.05) is 78.9 Å². The lowest BCUT2D eigenvalue weighted by Crippen LogP contribution is -2.80. The van der Waals surface area contributed by atoms with Crippen molar-refractivity contribution in [2.45, 2.75) is 55.3 Å². The molecule has 6 heteroatoms. The summed E-state index contributed by atoms with van der Waals surface area (Å²) in [6.07, 6.45) is 7.50. The Morgan fingerprint density at radius 2 is 1.71 bits per heavy atom. The fourth-order valence-corrected chi connectivity index (χ4v) is 9.42. The number of nitrogens with zero attached hydrogens (tertiary/aromatic N) is 2. The van der Waals surface area contributed by atoms with Gasteiger partial charge in [0.2, 0.25) is 5.91 Å². The number of carbonyl (C=O) groups is 1. The predicted molar refractivity (Wildman–Crippen MR) is 160 cm³/mol. The smallest absolute Gasteiger partial charge is 0.228 e. The van der Waals surface area contributed by atoms with Gasteiger partial charge < -0.3 is 19.8 Å². The Hall–Kier alpha value is -3.61. The highest BCUT2D eigenvalue weighted by atomic mass is 16.5. The highest BCUT2D eigenvalue weighted by Crippen LogP contribution is 2.74. The van der Waals surface area contributed by atoms with E-state index in [0.717, 1.165) is 44.3 Å². The fraction of sp³-hybridized carbons (Fsp3) is 0.417. The third-order valence-corrected chi connectivity index (χ3v) is 11.4. The first-order chi connectivity index (χ1) is 20.4. The van der Waals surface area contributed by atoms with Crippen molar-refractivity contribution >= 4 is 5.91 Å². The van der Waals surface area contributed by atoms with E-state index in [1.54, 1.807) is 11.0 Å². The van der Waals surface area contributed by atoms with Crippen LogP contribution in [0, 0.1) is 11.3 Å². The van der Waals surface area contributed by atoms with Crippen molar-refractivity contribution in [3.8, 4) is 11.5 Å². The number of carbonyl (C=O) groups excluding carboxylic acids is 1. The average Bonchev–Trinajstić information content (AvgIpc) is 3.39. The number of piperidine rings is 1. The van der Waals surface area contributed by atoms with Gasteiger partial charge in [-0.3, -0.25) is 9.69 Å². The number of aromatic hydroxyl groups is 1. The summed E-state index contributed by atoms with van der Waals surface area (Å²) in [5.41, 5.74) is 2.51. The van der Waals surface area contributed by atoms with Crippen molar-refractivity contribution in [3.63, 3.8) is 0 Å². The third-order valence-electron chi connectivity index (χ3n) is 11.4. The van der Waals surface area contributed by atoms with Gasteiger partial charge in [0.05, 0.1) is 11.3 Å². The molecular formula is C36H38N2O4. The van der Waals surface area contributed by atoms with Gasteiger partial charge >= 0.3 is 0 Å². The summed E-state index contributed by atoms with van der Waals surface area (Å²) in [7, 11) is 1.86. The zero-order valence-electron chi connectivity index (χ0n) is 24.1. The molecule has 2 aliphatic heterocycles. The van der Waals surface area contributed by atoms with Crippen molar-refractivity contribution in [1.82, 2.24) is 9.80 Å². The zero-order chi connectivity index (χ0) is 28.7. The molecule has 2 heterocycles. The van der Waals surface area contributed by atoms with Crippen LogP contribution in [-0.4, -0.2) is 70.3 Å². The maximum Gasteiger partial charge on any atom is 0.228 e. The summed E-state index contributed by atoms with van der Waals surface area (Å²) in [6.45, 7) is 2.42. The molecule has 6 nitrogen and oxygen atoms in total. The molecule has 42 heavy (non-hydrogen) atoms. The third kappa shape index (κ3) is 3.36. The summed E-state index contributed by atoms with van der Waals surface area (Å²) >= 11 is 0. The average molecular weight is 563 g/mol. The van der Waals surface area contributed by atoms with Crippen LogP contribution in [0.4, 0.5) is 0 Å². The summed E-state index contributed by atoms with van der Waals surface area (Å²) in [4.78, 5) is 18.7. The Bertz CT molecular complexity index is 1570. The standard InChI is InChI=1S/C36H38N2O4/c1-37(19-14-24-8-4-2-5-9-24)32(40)27-23-34-16-17-36(27,41)33-35(34)18-21-38(20-15-25-10-6-3-7-11-25)29(34)22-26-12-13-28(39)31(42-33)30(26)35/h2-13,16-17,27,29,33,39,41H,14-15,18-23H2,1H3/t27-,29-,33-,34-,35+,36?/m1/s1. The summed E-state index contributed by atoms with van der Waals surface area (Å²) < 4.78 is 6.65. The number of rotatable bonds is 7. The van der Waals surface area contributed by atoms with Gasteiger partial charge in [-0.25, -0.2) is 0 Å². The summed E-state index contributed by atoms with van der Waals surface area (Å²) in [5, 5.41) is 23.5. The van der Waals surface area contributed by atoms with Crippen molar-refractivity contribution in [2.75, 3.05) is 26.7 Å². The van der Waals surface area contributed by atoms with E-state index in [1.807, 2.05) is 31.3 Å². The van der Waals surface area contributed by atoms with Crippen LogP contribution in [-0.2, 0) is 29.5 Å². The van der Waals surface area contributed by atoms with Crippen LogP contribution in [0.1, 0.15) is 35.1 Å². The number of aliphatic hydroxyl groups is 1. The molecule has 6 aliphatic rings. The minimum absolute atomic E-state index is 0.0320. The maximum absolute atomic E-state index is 14.2. The van der Waals surface area contributed by atoms with Gasteiger partial charge in [0, 0.05) is 37.2 Å². The Morgan fingerprint density at radius 1 is 1.00 bits per heavy atom. The molecule has 1 saturated heterocycles. The number of phenols is 1. The van der Waals surface area contributed by atoms with Gasteiger partial charge in [0.25, 0.3) is 0 Å². The normalized spacial score (nSPS) is 33.2. The number of benzene rings is 3. The Balaban J connectivity index is 1.17. The number of hydrogen-bond donors (Lipinski definition) is 2. The maximum atomic E-state index is 14.2. The van der Waals surface area contributed by atoms with Crippen LogP contribution in [0.5, 0.6) is 11.5 Å². The summed E-state index contributed by atoms with van der Waals surface area (Å²) in [6, 6.07) is 24.8. The Morgan fingerprint density at radius 3 is 2.45 bits per heavy atom. The van der Waals surface area contributed by atoms with E-state index < -0.39 is 23.0 Å². The molecule has 0 radical (unpaired) electrons. The van der Waals surface area contributed by atoms with E-state index in [4.69, 9.17) is 4.74 Å². The van der Waals surface area contributed by atoms with Crippen LogP contribution in [0.2, 0.25) is 0 Å². The van der Waals surface area contributed by atoms with Crippen LogP contribution in [0.15, 0.2) is 84.9 Å². The van der Waals surface area contributed by atoms with Gasteiger partial charge in [0.1, 0.15) is 11.7 Å². The van der Waals surface area contributed by atoms with E-state index in [1.165, 1.54) is 16.7 Å². The molecule has 4 bridgehead atoms. The largest absolute Gasteiger partial charge is 0.504 e. The first kappa shape index (κ1) is 26.1. The molecule has 2 fully saturated rings. The van der Waals surface area contributed by atoms with E-state index >= 15 is 0 Å². The topological polar surface area (TPSA) is 73.2 Å². The zero-order valence-corrected chi connectivity index (χ0v) is 24.1. The van der Waals surface area contributed by atoms with Gasteiger partial charge in [0.15, 0.2) is 11.5 Å². The van der Waals surface area contributed by atoms with Gasteiger partial charge in [-0.15, -0.1) is 0 Å². The molecular weight excluding hydrogens is 524 g/mol. The van der Waals surface area contributed by atoms with Crippen molar-refractivity contribution in [2.24, 2.45) is 11.3 Å². The molecule has 3 aromatic carbocycles. The second-order valence-electron chi connectivity index (χ2n) is 13.2. The van der Waals surface area contributed by atoms with Gasteiger partial charge in [-0.05, 0) is 61.4 Å². The minimum Gasteiger partial charge on any atom is -0.504 e. The molecule has 2 N–H and O–H groups in total. The molecule has 9 rings (SSSR count). The van der Waals surface area contributed by atoms with E-state index in [2.05, 4.69) is 59.5 Å². The number of hydrogen-bond acceptors (Lipinski definition) is 5. The molecule has 1 unspecified atom stereocenters. The van der Waals surface area contributed by atoms with Crippen molar-refractivity contribution in [3.05, 3.63) is 107 Å². The summed E-state index contributed by atoms with van der Waals surface area (Å²) in [5.74, 6) is 0.000622. The lowest BCUT2D eigenvalue weighted by molar-refractivity contribution is -0.209. The van der Waals surface area contributed by atoms with E-state index in [-0.39, 0.29) is 23.1 Å². The molecule has 1 amide bonds. The first-order valence-electron chi connectivity index (χ1n) is 15.4. The number of ether oxygens (including phenoxy) is 1. The SMILES string of the molecule is CN(CCc1ccccc1)C(=O)[C@H]1C[C@@]23C=CC1(O)[C@@H]1Oc4c(O)ccc5c4[C@@]12CCN(CCc1ccccc1)[C@@H]3C5. The molecule has 2 spiro atoms. The number of amides is 1. The minimum atomic E-state index is -1.45. The van der Waals surface area contributed by atoms with Crippen LogP contribution in [0.3, 0.4) is 0 Å².